The van der Waals surface area contributed by atoms with Crippen molar-refractivity contribution in [2.45, 2.75) is 46.5 Å². The summed E-state index contributed by atoms with van der Waals surface area (Å²) < 4.78 is 1.84. The molecule has 0 N–H and O–H groups in total. The van der Waals surface area contributed by atoms with Gasteiger partial charge in [-0.1, -0.05) is 33.8 Å². The van der Waals surface area contributed by atoms with Gasteiger partial charge in [-0.05, 0) is 35.6 Å². The molecule has 0 saturated heterocycles. The van der Waals surface area contributed by atoms with E-state index in [9.17, 15) is 4.79 Å². The number of nitrogens with zero attached hydrogens (tertiary/aromatic N) is 1. The van der Waals surface area contributed by atoms with Gasteiger partial charge in [0, 0.05) is 18.0 Å². The van der Waals surface area contributed by atoms with Gasteiger partial charge in [0.1, 0.15) is 0 Å². The monoisotopic (exact) mass is 243 g/mol. The van der Waals surface area contributed by atoms with Gasteiger partial charge in [0.2, 0.25) is 5.91 Å². The van der Waals surface area contributed by atoms with Gasteiger partial charge in [-0.25, -0.2) is 0 Å². The summed E-state index contributed by atoms with van der Waals surface area (Å²) in [7, 11) is 0. The van der Waals surface area contributed by atoms with Gasteiger partial charge in [-0.3, -0.25) is 9.36 Å². The van der Waals surface area contributed by atoms with E-state index in [0.29, 0.717) is 11.8 Å². The molecule has 1 heterocycles. The average molecular weight is 243 g/mol. The summed E-state index contributed by atoms with van der Waals surface area (Å²) in [5, 5.41) is 1.17. The number of hydrogen-bond donors (Lipinski definition) is 0. The summed E-state index contributed by atoms with van der Waals surface area (Å²) in [6.07, 6.45) is 0. The first-order chi connectivity index (χ1) is 8.41. The summed E-state index contributed by atoms with van der Waals surface area (Å²) in [6, 6.07) is 8.53. The van der Waals surface area contributed by atoms with E-state index < -0.39 is 0 Å². The summed E-state index contributed by atoms with van der Waals surface area (Å²) >= 11 is 0. The highest BCUT2D eigenvalue weighted by atomic mass is 16.1. The third-order valence-electron chi connectivity index (χ3n) is 3.43. The molecule has 0 saturated carbocycles. The molecular formula is C16H21NO. The van der Waals surface area contributed by atoms with Crippen LogP contribution in [0.5, 0.6) is 0 Å². The predicted octanol–water partition coefficient (Wildman–Crippen LogP) is 4.55. The van der Waals surface area contributed by atoms with E-state index in [1.54, 1.807) is 6.92 Å². The number of carbonyl (C=O) groups excluding carboxylic acids is 1. The fraction of sp³-hybridized carbons (Fsp3) is 0.438. The van der Waals surface area contributed by atoms with Crippen LogP contribution in [-0.4, -0.2) is 10.5 Å². The number of aromatic nitrogens is 1. The van der Waals surface area contributed by atoms with Gasteiger partial charge in [0.15, 0.2) is 0 Å². The minimum absolute atomic E-state index is 0.0889. The van der Waals surface area contributed by atoms with Crippen LogP contribution < -0.4 is 0 Å². The molecule has 0 aliphatic carbocycles. The SMILES string of the molecule is CC(=O)n1c(C(C)C)cc2cc(C(C)C)ccc21. The third kappa shape index (κ3) is 2.07. The maximum atomic E-state index is 11.8. The first kappa shape index (κ1) is 12.9. The molecular weight excluding hydrogens is 222 g/mol. The first-order valence-corrected chi connectivity index (χ1v) is 6.58. The van der Waals surface area contributed by atoms with Crippen molar-refractivity contribution in [1.29, 1.82) is 0 Å². The van der Waals surface area contributed by atoms with Crippen LogP contribution in [0.15, 0.2) is 24.3 Å². The number of benzene rings is 1. The van der Waals surface area contributed by atoms with E-state index in [0.717, 1.165) is 11.2 Å². The Bertz CT molecular complexity index is 590. The molecule has 0 atom stereocenters. The van der Waals surface area contributed by atoms with Crippen LogP contribution in [0.25, 0.3) is 10.9 Å². The van der Waals surface area contributed by atoms with Crippen LogP contribution in [0.1, 0.15) is 62.5 Å². The van der Waals surface area contributed by atoms with Crippen LogP contribution in [0.2, 0.25) is 0 Å². The van der Waals surface area contributed by atoms with Crippen LogP contribution in [0.4, 0.5) is 0 Å². The topological polar surface area (TPSA) is 22.0 Å². The van der Waals surface area contributed by atoms with Crippen molar-refractivity contribution in [3.05, 3.63) is 35.5 Å². The number of hydrogen-bond acceptors (Lipinski definition) is 1. The average Bonchev–Trinajstić information content (AvgIpc) is 2.66. The van der Waals surface area contributed by atoms with E-state index in [1.165, 1.54) is 10.9 Å². The van der Waals surface area contributed by atoms with Crippen LogP contribution >= 0.6 is 0 Å². The largest absolute Gasteiger partial charge is 0.284 e. The van der Waals surface area contributed by atoms with E-state index in [4.69, 9.17) is 0 Å². The summed E-state index contributed by atoms with van der Waals surface area (Å²) in [5.74, 6) is 0.951. The first-order valence-electron chi connectivity index (χ1n) is 6.58. The second-order valence-electron chi connectivity index (χ2n) is 5.55. The zero-order chi connectivity index (χ0) is 13.4. The summed E-state index contributed by atoms with van der Waals surface area (Å²) in [6.45, 7) is 10.2. The van der Waals surface area contributed by atoms with Crippen molar-refractivity contribution in [2.24, 2.45) is 0 Å². The fourth-order valence-electron chi connectivity index (χ4n) is 2.39. The van der Waals surface area contributed by atoms with Crippen molar-refractivity contribution in [3.63, 3.8) is 0 Å². The maximum Gasteiger partial charge on any atom is 0.228 e. The van der Waals surface area contributed by atoms with E-state index >= 15 is 0 Å². The Hall–Kier alpha value is -1.57. The molecule has 0 fully saturated rings. The van der Waals surface area contributed by atoms with Crippen molar-refractivity contribution in [3.8, 4) is 0 Å². The molecule has 0 aliphatic heterocycles. The molecule has 0 bridgehead atoms. The van der Waals surface area contributed by atoms with Crippen LogP contribution in [0.3, 0.4) is 0 Å². The minimum atomic E-state index is 0.0889. The molecule has 0 unspecified atom stereocenters. The number of rotatable bonds is 2. The van der Waals surface area contributed by atoms with Crippen molar-refractivity contribution < 1.29 is 4.79 Å². The number of carbonyl (C=O) groups is 1. The van der Waals surface area contributed by atoms with Crippen molar-refractivity contribution in [1.82, 2.24) is 4.57 Å². The molecule has 0 amide bonds. The molecule has 2 aromatic rings. The lowest BCUT2D eigenvalue weighted by Gasteiger charge is -2.09. The molecule has 1 aromatic heterocycles. The Morgan fingerprint density at radius 1 is 1.06 bits per heavy atom. The van der Waals surface area contributed by atoms with E-state index in [1.807, 2.05) is 4.57 Å². The predicted molar refractivity (Wildman–Crippen MR) is 76.4 cm³/mol. The molecule has 0 spiro atoms. The molecule has 18 heavy (non-hydrogen) atoms. The highest BCUT2D eigenvalue weighted by Gasteiger charge is 2.15. The van der Waals surface area contributed by atoms with Gasteiger partial charge < -0.3 is 0 Å². The summed E-state index contributed by atoms with van der Waals surface area (Å²) in [4.78, 5) is 11.8. The lowest BCUT2D eigenvalue weighted by atomic mass is 10.0. The standard InChI is InChI=1S/C16H21NO/c1-10(2)13-6-7-15-14(8-13)9-16(11(3)4)17(15)12(5)18/h6-11H,1-5H3. The Morgan fingerprint density at radius 3 is 2.22 bits per heavy atom. The van der Waals surface area contributed by atoms with Gasteiger partial charge >= 0.3 is 0 Å². The number of fused-ring (bicyclic) bond motifs is 1. The highest BCUT2D eigenvalue weighted by Crippen LogP contribution is 2.28. The lowest BCUT2D eigenvalue weighted by molar-refractivity contribution is 0.0938. The molecule has 0 aliphatic rings. The Kier molecular flexibility index (Phi) is 3.29. The Labute approximate surface area is 109 Å². The normalized spacial score (nSPS) is 11.7. The molecule has 2 rings (SSSR count). The maximum absolute atomic E-state index is 11.8. The van der Waals surface area contributed by atoms with Crippen molar-refractivity contribution >= 4 is 16.8 Å². The molecule has 2 heteroatoms. The van der Waals surface area contributed by atoms with Crippen molar-refractivity contribution in [2.75, 3.05) is 0 Å². The van der Waals surface area contributed by atoms with Crippen LogP contribution in [0, 0.1) is 0 Å². The van der Waals surface area contributed by atoms with Gasteiger partial charge in [-0.15, -0.1) is 0 Å². The molecule has 2 nitrogen and oxygen atoms in total. The van der Waals surface area contributed by atoms with Gasteiger partial charge in [0.05, 0.1) is 5.52 Å². The Balaban J connectivity index is 2.72. The van der Waals surface area contributed by atoms with Gasteiger partial charge in [0.25, 0.3) is 0 Å². The molecule has 96 valence electrons. The van der Waals surface area contributed by atoms with Gasteiger partial charge in [-0.2, -0.15) is 0 Å². The molecule has 1 aromatic carbocycles. The Morgan fingerprint density at radius 2 is 1.72 bits per heavy atom. The zero-order valence-electron chi connectivity index (χ0n) is 11.8. The fourth-order valence-corrected chi connectivity index (χ4v) is 2.39. The van der Waals surface area contributed by atoms with Crippen LogP contribution in [-0.2, 0) is 0 Å². The zero-order valence-corrected chi connectivity index (χ0v) is 11.8. The molecule has 0 radical (unpaired) electrons. The van der Waals surface area contributed by atoms with E-state index in [-0.39, 0.29) is 5.91 Å². The quantitative estimate of drug-likeness (QED) is 0.758. The second kappa shape index (κ2) is 4.60. The lowest BCUT2D eigenvalue weighted by Crippen LogP contribution is -2.10. The minimum Gasteiger partial charge on any atom is -0.284 e. The second-order valence-corrected chi connectivity index (χ2v) is 5.55. The third-order valence-corrected chi connectivity index (χ3v) is 3.43. The highest BCUT2D eigenvalue weighted by molar-refractivity contribution is 5.93. The summed E-state index contributed by atoms with van der Waals surface area (Å²) in [5.41, 5.74) is 3.44. The van der Waals surface area contributed by atoms with E-state index in [2.05, 4.69) is 52.0 Å². The smallest absolute Gasteiger partial charge is 0.228 e.